The van der Waals surface area contributed by atoms with Gasteiger partial charge in [-0.15, -0.1) is 5.10 Å². The molecule has 1 N–H and O–H groups in total. The second-order valence-corrected chi connectivity index (χ2v) is 6.88. The summed E-state index contributed by atoms with van der Waals surface area (Å²) in [7, 11) is 0. The Labute approximate surface area is 171 Å². The largest absolute Gasteiger partial charge is 0.261 e. The van der Waals surface area contributed by atoms with E-state index in [1.165, 1.54) is 0 Å². The minimum atomic E-state index is 0.637. The van der Waals surface area contributed by atoms with E-state index in [-0.39, 0.29) is 0 Å². The third-order valence-electron chi connectivity index (χ3n) is 4.55. The smallest absolute Gasteiger partial charge is 0.186 e. The zero-order chi connectivity index (χ0) is 19.6. The molecule has 0 fully saturated rings. The molecule has 0 atom stereocenters. The molecule has 0 spiro atoms. The lowest BCUT2D eigenvalue weighted by molar-refractivity contribution is 0.877. The maximum absolute atomic E-state index is 5.93. The van der Waals surface area contributed by atoms with Gasteiger partial charge in [0, 0.05) is 16.0 Å². The van der Waals surface area contributed by atoms with Crippen LogP contribution in [0.5, 0.6) is 0 Å². The Balaban J connectivity index is 1.60. The fourth-order valence-electron chi connectivity index (χ4n) is 3.15. The number of hydrazone groups is 1. The Kier molecular flexibility index (Phi) is 4.38. The van der Waals surface area contributed by atoms with Crippen molar-refractivity contribution in [1.82, 2.24) is 19.8 Å². The van der Waals surface area contributed by atoms with E-state index in [1.54, 1.807) is 10.7 Å². The SMILES string of the molecule is Clc1ccc(/C=N\Nc2nc3c(-c4ccccc4)nnn3c3ccccc23)cc1. The van der Waals surface area contributed by atoms with Crippen LogP contribution < -0.4 is 5.43 Å². The Morgan fingerprint density at radius 3 is 2.48 bits per heavy atom. The number of nitrogens with zero attached hydrogens (tertiary/aromatic N) is 5. The number of nitrogens with one attached hydrogen (secondary N) is 1. The van der Waals surface area contributed by atoms with Crippen molar-refractivity contribution in [2.24, 2.45) is 5.10 Å². The van der Waals surface area contributed by atoms with Gasteiger partial charge in [0.1, 0.15) is 5.69 Å². The van der Waals surface area contributed by atoms with Crippen LogP contribution in [0.3, 0.4) is 0 Å². The first-order valence-corrected chi connectivity index (χ1v) is 9.41. The van der Waals surface area contributed by atoms with Crippen LogP contribution in [0.15, 0.2) is 84.0 Å². The molecule has 6 nitrogen and oxygen atoms in total. The maximum Gasteiger partial charge on any atom is 0.186 e. The zero-order valence-electron chi connectivity index (χ0n) is 15.2. The second kappa shape index (κ2) is 7.33. The van der Waals surface area contributed by atoms with Gasteiger partial charge in [-0.2, -0.15) is 9.62 Å². The quantitative estimate of drug-likeness (QED) is 0.340. The molecule has 2 aromatic heterocycles. The number of hydrogen-bond acceptors (Lipinski definition) is 5. The fourth-order valence-corrected chi connectivity index (χ4v) is 3.27. The average molecular weight is 399 g/mol. The summed E-state index contributed by atoms with van der Waals surface area (Å²) in [6, 6.07) is 25.2. The molecule has 0 saturated carbocycles. The minimum absolute atomic E-state index is 0.637. The van der Waals surface area contributed by atoms with Crippen molar-refractivity contribution < 1.29 is 0 Å². The van der Waals surface area contributed by atoms with Gasteiger partial charge in [0.15, 0.2) is 11.5 Å². The zero-order valence-corrected chi connectivity index (χ0v) is 16.0. The molecule has 0 aliphatic heterocycles. The number of anilines is 1. The fraction of sp³-hybridized carbons (Fsp3) is 0. The molecule has 0 radical (unpaired) electrons. The van der Waals surface area contributed by atoms with Crippen LogP contribution >= 0.6 is 11.6 Å². The Morgan fingerprint density at radius 1 is 0.897 bits per heavy atom. The number of para-hydroxylation sites is 1. The summed E-state index contributed by atoms with van der Waals surface area (Å²) in [5, 5.41) is 14.6. The molecular weight excluding hydrogens is 384 g/mol. The van der Waals surface area contributed by atoms with E-state index in [2.05, 4.69) is 20.8 Å². The Bertz CT molecular complexity index is 1330. The van der Waals surface area contributed by atoms with Gasteiger partial charge in [-0.05, 0) is 29.8 Å². The van der Waals surface area contributed by atoms with Gasteiger partial charge in [-0.1, -0.05) is 71.4 Å². The molecule has 7 heteroatoms. The number of benzene rings is 3. The van der Waals surface area contributed by atoms with Crippen molar-refractivity contribution in [2.75, 3.05) is 5.43 Å². The summed E-state index contributed by atoms with van der Waals surface area (Å²) in [5.74, 6) is 0.637. The first kappa shape index (κ1) is 17.3. The first-order chi connectivity index (χ1) is 14.3. The highest BCUT2D eigenvalue weighted by Gasteiger charge is 2.15. The van der Waals surface area contributed by atoms with Gasteiger partial charge in [0.25, 0.3) is 0 Å². The monoisotopic (exact) mass is 398 g/mol. The highest BCUT2D eigenvalue weighted by atomic mass is 35.5. The third kappa shape index (κ3) is 3.30. The van der Waals surface area contributed by atoms with Gasteiger partial charge in [-0.25, -0.2) is 4.98 Å². The summed E-state index contributed by atoms with van der Waals surface area (Å²) in [6.45, 7) is 0. The van der Waals surface area contributed by atoms with Crippen molar-refractivity contribution in [3.8, 4) is 11.3 Å². The van der Waals surface area contributed by atoms with E-state index in [1.807, 2.05) is 78.9 Å². The first-order valence-electron chi connectivity index (χ1n) is 9.04. The van der Waals surface area contributed by atoms with Crippen LogP contribution in [-0.4, -0.2) is 26.0 Å². The number of hydrogen-bond donors (Lipinski definition) is 1. The van der Waals surface area contributed by atoms with Crippen molar-refractivity contribution in [2.45, 2.75) is 0 Å². The summed E-state index contributed by atoms with van der Waals surface area (Å²) in [6.07, 6.45) is 1.73. The molecule has 0 amide bonds. The van der Waals surface area contributed by atoms with Gasteiger partial charge >= 0.3 is 0 Å². The lowest BCUT2D eigenvalue weighted by Gasteiger charge is -2.07. The Morgan fingerprint density at radius 2 is 1.66 bits per heavy atom. The van der Waals surface area contributed by atoms with Gasteiger partial charge in [0.05, 0.1) is 11.7 Å². The van der Waals surface area contributed by atoms with Crippen molar-refractivity contribution >= 4 is 40.2 Å². The molecule has 29 heavy (non-hydrogen) atoms. The topological polar surface area (TPSA) is 67.5 Å². The van der Waals surface area contributed by atoms with E-state index < -0.39 is 0 Å². The molecule has 0 saturated heterocycles. The molecular formula is C22H15ClN6. The summed E-state index contributed by atoms with van der Waals surface area (Å²) >= 11 is 5.93. The van der Waals surface area contributed by atoms with Crippen molar-refractivity contribution in [3.05, 3.63) is 89.4 Å². The maximum atomic E-state index is 5.93. The predicted octanol–water partition coefficient (Wildman–Crippen LogP) is 5.04. The van der Waals surface area contributed by atoms with Crippen molar-refractivity contribution in [3.63, 3.8) is 0 Å². The minimum Gasteiger partial charge on any atom is -0.261 e. The molecule has 0 bridgehead atoms. The van der Waals surface area contributed by atoms with Crippen LogP contribution in [0.1, 0.15) is 5.56 Å². The molecule has 0 aliphatic carbocycles. The summed E-state index contributed by atoms with van der Waals surface area (Å²) in [5.41, 5.74) is 7.25. The summed E-state index contributed by atoms with van der Waals surface area (Å²) < 4.78 is 1.76. The van der Waals surface area contributed by atoms with Crippen LogP contribution in [0.25, 0.3) is 27.8 Å². The molecule has 5 rings (SSSR count). The molecule has 2 heterocycles. The van der Waals surface area contributed by atoms with Crippen LogP contribution in [0, 0.1) is 0 Å². The van der Waals surface area contributed by atoms with Crippen molar-refractivity contribution in [1.29, 1.82) is 0 Å². The van der Waals surface area contributed by atoms with Gasteiger partial charge < -0.3 is 0 Å². The average Bonchev–Trinajstić information content (AvgIpc) is 3.20. The van der Waals surface area contributed by atoms with E-state index in [0.29, 0.717) is 16.5 Å². The molecule has 0 aliphatic rings. The normalized spacial score (nSPS) is 11.5. The second-order valence-electron chi connectivity index (χ2n) is 6.44. The van der Waals surface area contributed by atoms with Crippen LogP contribution in [-0.2, 0) is 0 Å². The van der Waals surface area contributed by atoms with E-state index in [0.717, 1.165) is 27.7 Å². The molecule has 0 unspecified atom stereocenters. The van der Waals surface area contributed by atoms with E-state index in [4.69, 9.17) is 16.6 Å². The number of halogens is 1. The number of rotatable bonds is 4. The number of aromatic nitrogens is 4. The standard InChI is InChI=1S/C22H15ClN6/c23-17-12-10-15(11-13-17)14-24-27-21-18-8-4-5-9-19(18)29-22(25-21)20(26-28-29)16-6-2-1-3-7-16/h1-14H,(H,25,27)/b24-14-. The molecule has 140 valence electrons. The van der Waals surface area contributed by atoms with Gasteiger partial charge in [0.2, 0.25) is 0 Å². The highest BCUT2D eigenvalue weighted by molar-refractivity contribution is 6.30. The Hall–Kier alpha value is -3.77. The third-order valence-corrected chi connectivity index (χ3v) is 4.80. The predicted molar refractivity (Wildman–Crippen MR) is 116 cm³/mol. The highest BCUT2D eigenvalue weighted by Crippen LogP contribution is 2.27. The molecule has 3 aromatic carbocycles. The molecule has 5 aromatic rings. The van der Waals surface area contributed by atoms with Crippen LogP contribution in [0.4, 0.5) is 5.82 Å². The van der Waals surface area contributed by atoms with E-state index >= 15 is 0 Å². The lowest BCUT2D eigenvalue weighted by atomic mass is 10.1. The summed E-state index contributed by atoms with van der Waals surface area (Å²) in [4.78, 5) is 4.78. The van der Waals surface area contributed by atoms with E-state index in [9.17, 15) is 0 Å². The van der Waals surface area contributed by atoms with Gasteiger partial charge in [-0.3, -0.25) is 5.43 Å². The van der Waals surface area contributed by atoms with Crippen LogP contribution in [0.2, 0.25) is 5.02 Å². The lowest BCUT2D eigenvalue weighted by Crippen LogP contribution is -2.00. The number of fused-ring (bicyclic) bond motifs is 3.